The van der Waals surface area contributed by atoms with E-state index in [-0.39, 0.29) is 18.4 Å². The van der Waals surface area contributed by atoms with Crippen LogP contribution in [-0.4, -0.2) is 31.7 Å². The van der Waals surface area contributed by atoms with Crippen LogP contribution in [0.4, 0.5) is 0 Å². The SMILES string of the molecule is CCCC(=O)OCCCCOC(=O)CCN. The van der Waals surface area contributed by atoms with Crippen LogP contribution in [0.5, 0.6) is 0 Å². The Hall–Kier alpha value is -1.10. The predicted octanol–water partition coefficient (Wildman–Crippen LogP) is 1.00. The number of carbonyl (C=O) groups excluding carboxylic acids is 2. The van der Waals surface area contributed by atoms with Gasteiger partial charge in [-0.3, -0.25) is 9.59 Å². The molecule has 0 rings (SSSR count). The summed E-state index contributed by atoms with van der Waals surface area (Å²) in [5.74, 6) is -0.437. The van der Waals surface area contributed by atoms with Gasteiger partial charge >= 0.3 is 11.9 Å². The molecule has 0 saturated heterocycles. The summed E-state index contributed by atoms with van der Waals surface area (Å²) in [5.41, 5.74) is 5.18. The summed E-state index contributed by atoms with van der Waals surface area (Å²) in [6.07, 6.45) is 2.94. The predicted molar refractivity (Wildman–Crippen MR) is 59.7 cm³/mol. The molecule has 0 bridgehead atoms. The molecule has 0 atom stereocenters. The smallest absolute Gasteiger partial charge is 0.307 e. The highest BCUT2D eigenvalue weighted by Crippen LogP contribution is 1.96. The van der Waals surface area contributed by atoms with Gasteiger partial charge in [-0.25, -0.2) is 0 Å². The Bertz CT molecular complexity index is 184. The number of rotatable bonds is 9. The van der Waals surface area contributed by atoms with Crippen molar-refractivity contribution in [2.24, 2.45) is 5.73 Å². The minimum Gasteiger partial charge on any atom is -0.466 e. The molecule has 0 aromatic rings. The fourth-order valence-electron chi connectivity index (χ4n) is 1.04. The number of hydrogen-bond donors (Lipinski definition) is 1. The topological polar surface area (TPSA) is 78.6 Å². The zero-order valence-corrected chi connectivity index (χ0v) is 9.87. The van der Waals surface area contributed by atoms with Gasteiger partial charge in [-0.2, -0.15) is 0 Å². The molecule has 0 radical (unpaired) electrons. The van der Waals surface area contributed by atoms with Gasteiger partial charge in [-0.05, 0) is 19.3 Å². The maximum absolute atomic E-state index is 10.9. The molecule has 5 heteroatoms. The Morgan fingerprint density at radius 1 is 1.00 bits per heavy atom. The van der Waals surface area contributed by atoms with Crippen LogP contribution in [0.2, 0.25) is 0 Å². The number of hydrogen-bond acceptors (Lipinski definition) is 5. The van der Waals surface area contributed by atoms with Crippen molar-refractivity contribution in [1.29, 1.82) is 0 Å². The van der Waals surface area contributed by atoms with Gasteiger partial charge in [0.1, 0.15) is 0 Å². The first-order valence-electron chi connectivity index (χ1n) is 5.72. The third-order valence-corrected chi connectivity index (χ3v) is 1.87. The average Bonchev–Trinajstić information content (AvgIpc) is 2.24. The number of esters is 2. The Labute approximate surface area is 96.3 Å². The van der Waals surface area contributed by atoms with E-state index in [9.17, 15) is 9.59 Å². The minimum atomic E-state index is -0.273. The Morgan fingerprint density at radius 2 is 1.50 bits per heavy atom. The molecule has 0 unspecified atom stereocenters. The van der Waals surface area contributed by atoms with Gasteiger partial charge in [0.15, 0.2) is 0 Å². The second kappa shape index (κ2) is 10.4. The highest BCUT2D eigenvalue weighted by Gasteiger charge is 2.01. The van der Waals surface area contributed by atoms with E-state index in [2.05, 4.69) is 0 Å². The maximum atomic E-state index is 10.9. The fourth-order valence-corrected chi connectivity index (χ4v) is 1.04. The van der Waals surface area contributed by atoms with Crippen molar-refractivity contribution in [3.05, 3.63) is 0 Å². The summed E-state index contributed by atoms with van der Waals surface area (Å²) in [4.78, 5) is 21.8. The molecule has 5 nitrogen and oxygen atoms in total. The molecule has 0 aliphatic rings. The standard InChI is InChI=1S/C11H21NO4/c1-2-5-10(13)15-8-3-4-9-16-11(14)6-7-12/h2-9,12H2,1H3. The van der Waals surface area contributed by atoms with E-state index in [1.54, 1.807) is 0 Å². The molecule has 2 N–H and O–H groups in total. The van der Waals surface area contributed by atoms with E-state index in [0.29, 0.717) is 39.0 Å². The van der Waals surface area contributed by atoms with Crippen molar-refractivity contribution in [3.63, 3.8) is 0 Å². The molecule has 0 heterocycles. The number of nitrogens with two attached hydrogens (primary N) is 1. The van der Waals surface area contributed by atoms with Crippen LogP contribution < -0.4 is 5.73 Å². The van der Waals surface area contributed by atoms with Crippen LogP contribution in [0.15, 0.2) is 0 Å². The number of unbranched alkanes of at least 4 members (excludes halogenated alkanes) is 1. The molecule has 0 fully saturated rings. The third-order valence-electron chi connectivity index (χ3n) is 1.87. The van der Waals surface area contributed by atoms with Crippen molar-refractivity contribution < 1.29 is 19.1 Å². The first kappa shape index (κ1) is 14.9. The summed E-state index contributed by atoms with van der Waals surface area (Å²) >= 11 is 0. The van der Waals surface area contributed by atoms with Gasteiger partial charge in [0.25, 0.3) is 0 Å². The molecule has 0 aliphatic heterocycles. The summed E-state index contributed by atoms with van der Waals surface area (Å²) in [7, 11) is 0. The number of carbonyl (C=O) groups is 2. The molecular weight excluding hydrogens is 210 g/mol. The average molecular weight is 231 g/mol. The molecule has 0 spiro atoms. The monoisotopic (exact) mass is 231 g/mol. The van der Waals surface area contributed by atoms with Crippen LogP contribution in [0, 0.1) is 0 Å². The van der Waals surface area contributed by atoms with Gasteiger partial charge in [-0.15, -0.1) is 0 Å². The maximum Gasteiger partial charge on any atom is 0.307 e. The molecule has 94 valence electrons. The quantitative estimate of drug-likeness (QED) is 0.473. The van der Waals surface area contributed by atoms with E-state index < -0.39 is 0 Å². The lowest BCUT2D eigenvalue weighted by atomic mass is 10.3. The van der Waals surface area contributed by atoms with E-state index in [4.69, 9.17) is 15.2 Å². The molecular formula is C11H21NO4. The van der Waals surface area contributed by atoms with E-state index >= 15 is 0 Å². The highest BCUT2D eigenvalue weighted by atomic mass is 16.5. The second-order valence-corrected chi connectivity index (χ2v) is 3.44. The Balaban J connectivity index is 3.21. The number of ether oxygens (including phenoxy) is 2. The van der Waals surface area contributed by atoms with Crippen LogP contribution in [-0.2, 0) is 19.1 Å². The lowest BCUT2D eigenvalue weighted by Gasteiger charge is -2.05. The van der Waals surface area contributed by atoms with E-state index in [0.717, 1.165) is 6.42 Å². The van der Waals surface area contributed by atoms with Crippen molar-refractivity contribution in [2.45, 2.75) is 39.0 Å². The van der Waals surface area contributed by atoms with Gasteiger partial charge in [0.05, 0.1) is 19.6 Å². The highest BCUT2D eigenvalue weighted by molar-refractivity contribution is 5.69. The first-order valence-corrected chi connectivity index (χ1v) is 5.72. The molecule has 16 heavy (non-hydrogen) atoms. The molecule has 0 aliphatic carbocycles. The molecule has 0 amide bonds. The summed E-state index contributed by atoms with van der Waals surface area (Å²) in [5, 5.41) is 0. The van der Waals surface area contributed by atoms with Crippen LogP contribution >= 0.6 is 0 Å². The van der Waals surface area contributed by atoms with Crippen molar-refractivity contribution in [3.8, 4) is 0 Å². The van der Waals surface area contributed by atoms with Gasteiger partial charge in [-0.1, -0.05) is 6.92 Å². The lowest BCUT2D eigenvalue weighted by Crippen LogP contribution is -2.12. The van der Waals surface area contributed by atoms with Gasteiger partial charge in [0.2, 0.25) is 0 Å². The van der Waals surface area contributed by atoms with Crippen LogP contribution in [0.25, 0.3) is 0 Å². The third kappa shape index (κ3) is 9.45. The molecule has 0 aromatic carbocycles. The largest absolute Gasteiger partial charge is 0.466 e. The van der Waals surface area contributed by atoms with E-state index in [1.165, 1.54) is 0 Å². The van der Waals surface area contributed by atoms with Crippen molar-refractivity contribution in [2.75, 3.05) is 19.8 Å². The minimum absolute atomic E-state index is 0.164. The van der Waals surface area contributed by atoms with Crippen molar-refractivity contribution >= 4 is 11.9 Å². The van der Waals surface area contributed by atoms with Crippen molar-refractivity contribution in [1.82, 2.24) is 0 Å². The molecule has 0 aromatic heterocycles. The fraction of sp³-hybridized carbons (Fsp3) is 0.818. The molecule has 0 saturated carbocycles. The Morgan fingerprint density at radius 3 is 1.94 bits per heavy atom. The van der Waals surface area contributed by atoms with E-state index in [1.807, 2.05) is 6.92 Å². The lowest BCUT2D eigenvalue weighted by molar-refractivity contribution is -0.146. The first-order chi connectivity index (χ1) is 7.70. The normalized spacial score (nSPS) is 9.88. The summed E-state index contributed by atoms with van der Waals surface area (Å²) in [6, 6.07) is 0. The Kier molecular flexibility index (Phi) is 9.70. The second-order valence-electron chi connectivity index (χ2n) is 3.44. The van der Waals surface area contributed by atoms with Gasteiger partial charge in [0, 0.05) is 13.0 Å². The van der Waals surface area contributed by atoms with Crippen LogP contribution in [0.3, 0.4) is 0 Å². The van der Waals surface area contributed by atoms with Crippen LogP contribution in [0.1, 0.15) is 39.0 Å². The summed E-state index contributed by atoms with van der Waals surface area (Å²) < 4.78 is 9.82. The zero-order valence-electron chi connectivity index (χ0n) is 9.87. The van der Waals surface area contributed by atoms with Gasteiger partial charge < -0.3 is 15.2 Å². The summed E-state index contributed by atoms with van der Waals surface area (Å²) in [6.45, 7) is 3.00. The zero-order chi connectivity index (χ0) is 12.2.